The van der Waals surface area contributed by atoms with E-state index < -0.39 is 29.7 Å². The van der Waals surface area contributed by atoms with E-state index in [4.69, 9.17) is 25.8 Å². The predicted octanol–water partition coefficient (Wildman–Crippen LogP) is 2.53. The number of amides is 2. The van der Waals surface area contributed by atoms with E-state index in [1.807, 2.05) is 6.92 Å². The summed E-state index contributed by atoms with van der Waals surface area (Å²) >= 11 is 6.36. The minimum atomic E-state index is -0.784. The predicted molar refractivity (Wildman–Crippen MR) is 114 cm³/mol. The molecule has 0 bridgehead atoms. The number of nitrogens with one attached hydrogen (secondary N) is 3. The molecule has 0 aliphatic rings. The molecule has 31 heavy (non-hydrogen) atoms. The molecule has 0 aliphatic heterocycles. The van der Waals surface area contributed by atoms with Crippen LogP contribution in [0.4, 0.5) is 10.5 Å². The second-order valence-electron chi connectivity index (χ2n) is 6.01. The summed E-state index contributed by atoms with van der Waals surface area (Å²) in [4.78, 5) is 51.4. The lowest BCUT2D eigenvalue weighted by atomic mass is 10.1. The molecule has 1 aromatic rings. The quantitative estimate of drug-likeness (QED) is 0.256. The number of anilines is 1. The number of esters is 3. The Morgan fingerprint density at radius 1 is 0.903 bits per heavy atom. The molecule has 0 aliphatic carbocycles. The zero-order valence-electron chi connectivity index (χ0n) is 18.1. The maximum Gasteiger partial charge on any atom is 0.326 e. The van der Waals surface area contributed by atoms with Crippen LogP contribution in [-0.2, 0) is 14.4 Å². The lowest BCUT2D eigenvalue weighted by Gasteiger charge is -2.21. The van der Waals surface area contributed by atoms with Gasteiger partial charge < -0.3 is 24.8 Å². The molecule has 3 N–H and O–H groups in total. The Morgan fingerprint density at radius 3 is 1.90 bits per heavy atom. The second-order valence-corrected chi connectivity index (χ2v) is 6.39. The zero-order chi connectivity index (χ0) is 23.7. The van der Waals surface area contributed by atoms with E-state index in [9.17, 15) is 19.2 Å². The fourth-order valence-corrected chi connectivity index (χ4v) is 2.68. The molecule has 0 aromatic heterocycles. The number of benzene rings is 1. The summed E-state index contributed by atoms with van der Waals surface area (Å²) in [6.45, 7) is 9.36. The smallest absolute Gasteiger partial charge is 0.326 e. The highest BCUT2D eigenvalue weighted by Gasteiger charge is 2.29. The molecule has 0 atom stereocenters. The average molecular weight is 457 g/mol. The monoisotopic (exact) mass is 456 g/mol. The first kappa shape index (κ1) is 25.7. The fraction of sp³-hybridized carbons (Fsp3) is 0.421. The first-order chi connectivity index (χ1) is 14.5. The van der Waals surface area contributed by atoms with E-state index >= 15 is 0 Å². The van der Waals surface area contributed by atoms with Crippen LogP contribution >= 0.6 is 11.6 Å². The van der Waals surface area contributed by atoms with Gasteiger partial charge in [-0.2, -0.15) is 0 Å². The first-order valence-corrected chi connectivity index (χ1v) is 9.67. The van der Waals surface area contributed by atoms with Gasteiger partial charge in [0.25, 0.3) is 0 Å². The van der Waals surface area contributed by atoms with Crippen molar-refractivity contribution in [3.63, 3.8) is 0 Å². The summed E-state index contributed by atoms with van der Waals surface area (Å²) in [6, 6.07) is -0.721. The number of hydrogen-bond donors (Lipinski definition) is 3. The highest BCUT2D eigenvalue weighted by Crippen LogP contribution is 2.50. The molecular weight excluding hydrogens is 432 g/mol. The van der Waals surface area contributed by atoms with Crippen LogP contribution in [0.3, 0.4) is 0 Å². The summed E-state index contributed by atoms with van der Waals surface area (Å²) in [5, 5.41) is 7.67. The van der Waals surface area contributed by atoms with Crippen molar-refractivity contribution >= 4 is 47.2 Å². The minimum Gasteiger partial charge on any atom is -0.422 e. The number of carbonyl (C=O) groups is 4. The van der Waals surface area contributed by atoms with Crippen molar-refractivity contribution in [2.24, 2.45) is 4.99 Å². The highest BCUT2D eigenvalue weighted by molar-refractivity contribution is 6.36. The van der Waals surface area contributed by atoms with Gasteiger partial charge in [0, 0.05) is 39.4 Å². The lowest BCUT2D eigenvalue weighted by Crippen LogP contribution is -2.43. The largest absolute Gasteiger partial charge is 0.422 e. The summed E-state index contributed by atoms with van der Waals surface area (Å²) in [6.07, 6.45) is 0. The van der Waals surface area contributed by atoms with Gasteiger partial charge in [-0.05, 0) is 20.8 Å². The van der Waals surface area contributed by atoms with Gasteiger partial charge in [-0.3, -0.25) is 24.7 Å². The Hall–Kier alpha value is -3.34. The van der Waals surface area contributed by atoms with Crippen LogP contribution in [0.25, 0.3) is 0 Å². The van der Waals surface area contributed by atoms with Crippen LogP contribution in [0.2, 0.25) is 5.02 Å². The third kappa shape index (κ3) is 7.45. The molecule has 1 aromatic carbocycles. The molecule has 12 heteroatoms. The molecular formula is C19H25ClN4O7. The molecule has 0 spiro atoms. The standard InChI is InChI=1S/C19H25ClN4O7/c1-7-21-18(22-8-2)24-19(28)23-14-9(3)15(29-10(4)25)17(31-12(6)27)16(13(14)20)30-11(5)26/h7-8H2,1-6H3,(H3,21,22,23,24,28). The van der Waals surface area contributed by atoms with Crippen molar-refractivity contribution in [1.29, 1.82) is 0 Å². The number of carbonyl (C=O) groups excluding carboxylic acids is 4. The SMILES string of the molecule is CCN=C(NCC)NC(=O)Nc1c(C)c(OC(C)=O)c(OC(C)=O)c(OC(C)=O)c1Cl. The van der Waals surface area contributed by atoms with Crippen molar-refractivity contribution in [3.05, 3.63) is 10.6 Å². The van der Waals surface area contributed by atoms with Crippen LogP contribution in [0, 0.1) is 6.92 Å². The lowest BCUT2D eigenvalue weighted by molar-refractivity contribution is -0.135. The average Bonchev–Trinajstić information content (AvgIpc) is 2.65. The van der Waals surface area contributed by atoms with Crippen molar-refractivity contribution < 1.29 is 33.4 Å². The van der Waals surface area contributed by atoms with E-state index in [-0.39, 0.29) is 33.7 Å². The summed E-state index contributed by atoms with van der Waals surface area (Å²) in [7, 11) is 0. The molecule has 11 nitrogen and oxygen atoms in total. The number of guanidine groups is 1. The van der Waals surface area contributed by atoms with E-state index in [1.54, 1.807) is 6.92 Å². The van der Waals surface area contributed by atoms with E-state index in [0.29, 0.717) is 13.1 Å². The molecule has 0 unspecified atom stereocenters. The number of nitrogens with zero attached hydrogens (tertiary/aromatic N) is 1. The van der Waals surface area contributed by atoms with E-state index in [2.05, 4.69) is 20.9 Å². The first-order valence-electron chi connectivity index (χ1n) is 9.29. The molecule has 0 heterocycles. The van der Waals surface area contributed by atoms with Gasteiger partial charge in [-0.1, -0.05) is 11.6 Å². The van der Waals surface area contributed by atoms with Gasteiger partial charge in [0.1, 0.15) is 5.02 Å². The van der Waals surface area contributed by atoms with Crippen molar-refractivity contribution in [3.8, 4) is 17.2 Å². The molecule has 0 saturated heterocycles. The molecule has 2 amide bonds. The minimum absolute atomic E-state index is 0.0325. The Balaban J connectivity index is 3.56. The van der Waals surface area contributed by atoms with Crippen LogP contribution in [0.5, 0.6) is 17.2 Å². The van der Waals surface area contributed by atoms with Crippen LogP contribution in [0.1, 0.15) is 40.2 Å². The number of hydrogen-bond acceptors (Lipinski definition) is 8. The van der Waals surface area contributed by atoms with Crippen LogP contribution in [-0.4, -0.2) is 43.0 Å². The van der Waals surface area contributed by atoms with Crippen LogP contribution < -0.4 is 30.2 Å². The Bertz CT molecular complexity index is 872. The molecule has 0 saturated carbocycles. The third-order valence-electron chi connectivity index (χ3n) is 3.42. The third-order valence-corrected chi connectivity index (χ3v) is 3.78. The Kier molecular flexibility index (Phi) is 9.74. The molecule has 0 fully saturated rings. The zero-order valence-corrected chi connectivity index (χ0v) is 18.9. The van der Waals surface area contributed by atoms with Crippen LogP contribution in [0.15, 0.2) is 4.99 Å². The topological polar surface area (TPSA) is 144 Å². The normalized spacial score (nSPS) is 10.7. The van der Waals surface area contributed by atoms with Crippen molar-refractivity contribution in [2.75, 3.05) is 18.4 Å². The second kappa shape index (κ2) is 11.7. The van der Waals surface area contributed by atoms with Gasteiger partial charge in [0.2, 0.25) is 5.75 Å². The van der Waals surface area contributed by atoms with Gasteiger partial charge >= 0.3 is 23.9 Å². The fourth-order valence-electron chi connectivity index (χ4n) is 2.37. The summed E-state index contributed by atoms with van der Waals surface area (Å²) in [5.74, 6) is -3.08. The number of ether oxygens (including phenoxy) is 3. The van der Waals surface area contributed by atoms with Gasteiger partial charge in [-0.15, -0.1) is 0 Å². The van der Waals surface area contributed by atoms with Gasteiger partial charge in [0.15, 0.2) is 17.5 Å². The molecule has 170 valence electrons. The molecule has 1 rings (SSSR count). The summed E-state index contributed by atoms with van der Waals surface area (Å²) < 4.78 is 15.3. The Morgan fingerprint density at radius 2 is 1.42 bits per heavy atom. The highest BCUT2D eigenvalue weighted by atomic mass is 35.5. The summed E-state index contributed by atoms with van der Waals surface area (Å²) in [5.41, 5.74) is 0.120. The Labute approximate surface area is 184 Å². The van der Waals surface area contributed by atoms with Gasteiger partial charge in [-0.25, -0.2) is 4.79 Å². The van der Waals surface area contributed by atoms with E-state index in [0.717, 1.165) is 20.8 Å². The number of halogens is 1. The number of aliphatic imine (C=N–C) groups is 1. The molecule has 0 radical (unpaired) electrons. The number of urea groups is 1. The maximum absolute atomic E-state index is 12.5. The number of rotatable bonds is 6. The van der Waals surface area contributed by atoms with Crippen molar-refractivity contribution in [1.82, 2.24) is 10.6 Å². The van der Waals surface area contributed by atoms with Crippen molar-refractivity contribution in [2.45, 2.75) is 41.5 Å². The van der Waals surface area contributed by atoms with E-state index in [1.165, 1.54) is 6.92 Å². The van der Waals surface area contributed by atoms with Gasteiger partial charge in [0.05, 0.1) is 5.69 Å². The maximum atomic E-state index is 12.5.